The van der Waals surface area contributed by atoms with Crippen molar-refractivity contribution < 1.29 is 13.2 Å². The summed E-state index contributed by atoms with van der Waals surface area (Å²) in [6, 6.07) is 5.70. The van der Waals surface area contributed by atoms with Crippen molar-refractivity contribution >= 4 is 54.9 Å². The Hall–Kier alpha value is -2.21. The lowest BCUT2D eigenvalue weighted by atomic mass is 9.98. The van der Waals surface area contributed by atoms with E-state index >= 15 is 0 Å². The molecular formula is C20H24N4O4S3. The van der Waals surface area contributed by atoms with E-state index in [1.807, 2.05) is 6.92 Å². The average molecular weight is 481 g/mol. The molecule has 0 fully saturated rings. The summed E-state index contributed by atoms with van der Waals surface area (Å²) >= 11 is 2.59. The number of aromatic amines is 1. The molecule has 2 heterocycles. The Labute approximate surface area is 188 Å². The van der Waals surface area contributed by atoms with Crippen molar-refractivity contribution in [3.05, 3.63) is 45.1 Å². The fourth-order valence-electron chi connectivity index (χ4n) is 3.04. The number of aromatic nitrogens is 2. The zero-order valence-electron chi connectivity index (χ0n) is 17.4. The molecule has 2 aromatic heterocycles. The number of benzene rings is 1. The number of nitrogens with two attached hydrogens (primary N) is 1. The van der Waals surface area contributed by atoms with Gasteiger partial charge in [0.1, 0.15) is 4.83 Å². The lowest BCUT2D eigenvalue weighted by Gasteiger charge is -2.08. The molecule has 8 nitrogen and oxygen atoms in total. The molecule has 0 saturated carbocycles. The number of carbonyl (C=O) groups excluding carboxylic acids is 1. The smallest absolute Gasteiger partial charge is 0.260 e. The van der Waals surface area contributed by atoms with E-state index in [0.29, 0.717) is 27.0 Å². The van der Waals surface area contributed by atoms with E-state index in [1.54, 1.807) is 6.07 Å². The van der Waals surface area contributed by atoms with Gasteiger partial charge in [-0.2, -0.15) is 0 Å². The van der Waals surface area contributed by atoms with Crippen molar-refractivity contribution in [3.63, 3.8) is 0 Å². The van der Waals surface area contributed by atoms with Crippen molar-refractivity contribution in [3.8, 4) is 0 Å². The third kappa shape index (κ3) is 5.73. The first-order valence-electron chi connectivity index (χ1n) is 9.66. The van der Waals surface area contributed by atoms with Crippen LogP contribution in [0, 0.1) is 12.8 Å². The molecule has 0 aliphatic heterocycles. The number of thioether (sulfide) groups is 1. The van der Waals surface area contributed by atoms with E-state index in [4.69, 9.17) is 5.14 Å². The predicted molar refractivity (Wildman–Crippen MR) is 125 cm³/mol. The maximum absolute atomic E-state index is 12.7. The largest absolute Gasteiger partial charge is 0.325 e. The first-order valence-corrected chi connectivity index (χ1v) is 13.0. The molecule has 11 heteroatoms. The number of rotatable bonds is 8. The van der Waals surface area contributed by atoms with Gasteiger partial charge in [-0.1, -0.05) is 38.1 Å². The molecular weight excluding hydrogens is 456 g/mol. The second kappa shape index (κ2) is 9.51. The van der Waals surface area contributed by atoms with Crippen LogP contribution < -0.4 is 16.0 Å². The second-order valence-corrected chi connectivity index (χ2v) is 11.0. The summed E-state index contributed by atoms with van der Waals surface area (Å²) in [5, 5.41) is 8.73. The van der Waals surface area contributed by atoms with Gasteiger partial charge < -0.3 is 10.3 Å². The van der Waals surface area contributed by atoms with E-state index in [-0.39, 0.29) is 22.1 Å². The fourth-order valence-corrected chi connectivity index (χ4v) is 5.38. The summed E-state index contributed by atoms with van der Waals surface area (Å²) in [7, 11) is -3.86. The Kier molecular flexibility index (Phi) is 7.20. The summed E-state index contributed by atoms with van der Waals surface area (Å²) in [5.74, 6) is 0.110. The number of carbonyl (C=O) groups is 1. The molecule has 1 amide bonds. The van der Waals surface area contributed by atoms with Crippen LogP contribution in [0.15, 0.2) is 39.1 Å². The maximum Gasteiger partial charge on any atom is 0.260 e. The summed E-state index contributed by atoms with van der Waals surface area (Å²) in [6.45, 7) is 6.29. The van der Waals surface area contributed by atoms with Crippen LogP contribution in [0.3, 0.4) is 0 Å². The number of H-pyrrole nitrogens is 1. The van der Waals surface area contributed by atoms with E-state index in [1.165, 1.54) is 29.5 Å². The summed E-state index contributed by atoms with van der Waals surface area (Å²) < 4.78 is 22.9. The predicted octanol–water partition coefficient (Wildman–Crippen LogP) is 3.26. The molecule has 0 spiro atoms. The van der Waals surface area contributed by atoms with Crippen LogP contribution in [0.2, 0.25) is 0 Å². The number of hydrogen-bond donors (Lipinski definition) is 3. The van der Waals surface area contributed by atoms with Crippen LogP contribution in [0.1, 0.15) is 30.7 Å². The number of aryl methyl sites for hydroxylation is 1. The number of amides is 1. The van der Waals surface area contributed by atoms with Gasteiger partial charge >= 0.3 is 0 Å². The molecule has 3 aromatic rings. The lowest BCUT2D eigenvalue weighted by molar-refractivity contribution is -0.113. The Morgan fingerprint density at radius 2 is 2.13 bits per heavy atom. The number of sulfonamides is 1. The summed E-state index contributed by atoms with van der Waals surface area (Å²) in [4.78, 5) is 33.9. The number of hydrogen-bond acceptors (Lipinski definition) is 7. The number of primary sulfonamides is 1. The monoisotopic (exact) mass is 480 g/mol. The van der Waals surface area contributed by atoms with Gasteiger partial charge in [0.25, 0.3) is 5.56 Å². The van der Waals surface area contributed by atoms with Gasteiger partial charge in [0.2, 0.25) is 15.9 Å². The lowest BCUT2D eigenvalue weighted by Crippen LogP contribution is -2.17. The first kappa shape index (κ1) is 23.5. The van der Waals surface area contributed by atoms with Crippen molar-refractivity contribution in [1.29, 1.82) is 0 Å². The summed E-state index contributed by atoms with van der Waals surface area (Å²) in [6.07, 6.45) is 1.87. The van der Waals surface area contributed by atoms with Crippen LogP contribution in [-0.2, 0) is 21.2 Å². The van der Waals surface area contributed by atoms with Crippen LogP contribution in [0.4, 0.5) is 5.69 Å². The van der Waals surface area contributed by atoms with E-state index in [0.717, 1.165) is 35.0 Å². The zero-order valence-corrected chi connectivity index (χ0v) is 19.8. The molecule has 0 aliphatic rings. The number of nitrogens with zero attached hydrogens (tertiary/aromatic N) is 1. The van der Waals surface area contributed by atoms with Gasteiger partial charge in [-0.15, -0.1) is 11.3 Å². The topological polar surface area (TPSA) is 135 Å². The summed E-state index contributed by atoms with van der Waals surface area (Å²) in [5.41, 5.74) is 1.17. The highest BCUT2D eigenvalue weighted by Crippen LogP contribution is 2.30. The van der Waals surface area contributed by atoms with Gasteiger partial charge in [-0.25, -0.2) is 18.5 Å². The normalized spacial score (nSPS) is 12.8. The second-order valence-electron chi connectivity index (χ2n) is 7.32. The third-order valence-corrected chi connectivity index (χ3v) is 7.70. The van der Waals surface area contributed by atoms with Gasteiger partial charge in [0, 0.05) is 10.6 Å². The molecule has 0 bridgehead atoms. The average Bonchev–Trinajstić information content (AvgIpc) is 3.01. The molecule has 0 radical (unpaired) electrons. The molecule has 4 N–H and O–H groups in total. The maximum atomic E-state index is 12.7. The number of nitrogens with one attached hydrogen (secondary N) is 2. The van der Waals surface area contributed by atoms with E-state index in [2.05, 4.69) is 29.1 Å². The van der Waals surface area contributed by atoms with Crippen LogP contribution in [0.25, 0.3) is 10.2 Å². The number of anilines is 1. The molecule has 0 saturated heterocycles. The first-order chi connectivity index (χ1) is 14.6. The van der Waals surface area contributed by atoms with Crippen molar-refractivity contribution in [2.24, 2.45) is 11.1 Å². The van der Waals surface area contributed by atoms with Crippen LogP contribution in [-0.4, -0.2) is 30.0 Å². The number of thiophene rings is 1. The Balaban J connectivity index is 1.73. The number of fused-ring (bicyclic) bond motifs is 1. The van der Waals surface area contributed by atoms with E-state index < -0.39 is 10.0 Å². The van der Waals surface area contributed by atoms with Crippen LogP contribution >= 0.6 is 23.1 Å². The minimum Gasteiger partial charge on any atom is -0.325 e. The highest BCUT2D eigenvalue weighted by atomic mass is 32.2. The van der Waals surface area contributed by atoms with Crippen molar-refractivity contribution in [1.82, 2.24) is 9.97 Å². The Morgan fingerprint density at radius 3 is 2.81 bits per heavy atom. The SMILES string of the molecule is CC[C@@H](C)Cc1c(C)sc2nc(SCC(=O)Nc3cccc(S(N)(=O)=O)c3)[nH]c(=O)c12. The molecule has 1 atom stereocenters. The molecule has 1 aromatic carbocycles. The van der Waals surface area contributed by atoms with Crippen LogP contribution in [0.5, 0.6) is 0 Å². The molecule has 3 rings (SSSR count). The molecule has 31 heavy (non-hydrogen) atoms. The van der Waals surface area contributed by atoms with Gasteiger partial charge in [-0.05, 0) is 43.0 Å². The Bertz CT molecular complexity index is 1280. The molecule has 166 valence electrons. The standard InChI is InChI=1S/C20H24N4O4S3/c1-4-11(2)8-15-12(3)30-19-17(15)18(26)23-20(24-19)29-10-16(25)22-13-6-5-7-14(9-13)31(21,27)28/h5-7,9,11H,4,8,10H2,1-3H3,(H,22,25)(H2,21,27,28)(H,23,24,26)/t11-/m1/s1. The van der Waals surface area contributed by atoms with Crippen molar-refractivity contribution in [2.75, 3.05) is 11.1 Å². The minimum absolute atomic E-state index is 0.00185. The zero-order chi connectivity index (χ0) is 22.8. The van der Waals surface area contributed by atoms with Crippen molar-refractivity contribution in [2.45, 2.75) is 43.7 Å². The van der Waals surface area contributed by atoms with Gasteiger partial charge in [-0.3, -0.25) is 9.59 Å². The minimum atomic E-state index is -3.86. The highest BCUT2D eigenvalue weighted by molar-refractivity contribution is 7.99. The van der Waals surface area contributed by atoms with E-state index in [9.17, 15) is 18.0 Å². The van der Waals surface area contributed by atoms with Gasteiger partial charge in [0.05, 0.1) is 16.0 Å². The van der Waals surface area contributed by atoms with Gasteiger partial charge in [0.15, 0.2) is 5.16 Å². The molecule has 0 aliphatic carbocycles. The third-order valence-electron chi connectivity index (χ3n) is 4.88. The highest BCUT2D eigenvalue weighted by Gasteiger charge is 2.17. The molecule has 0 unspecified atom stereocenters. The quantitative estimate of drug-likeness (QED) is 0.334. The fraction of sp³-hybridized carbons (Fsp3) is 0.350. The Morgan fingerprint density at radius 1 is 1.39 bits per heavy atom.